The van der Waals surface area contributed by atoms with Crippen molar-refractivity contribution in [2.75, 3.05) is 32.3 Å². The number of hydrogen-bond acceptors (Lipinski definition) is 5. The quantitative estimate of drug-likeness (QED) is 0.382. The Morgan fingerprint density at radius 3 is 2.50 bits per heavy atom. The summed E-state index contributed by atoms with van der Waals surface area (Å²) in [5.41, 5.74) is 5.90. The molecule has 1 aliphatic heterocycles. The van der Waals surface area contributed by atoms with Crippen LogP contribution in [-0.4, -0.2) is 33.3 Å². The van der Waals surface area contributed by atoms with Crippen LogP contribution in [0.15, 0.2) is 72.3 Å². The lowest BCUT2D eigenvalue weighted by Crippen LogP contribution is -2.24. The van der Waals surface area contributed by atoms with Crippen molar-refractivity contribution in [2.24, 2.45) is 0 Å². The molecular weight excluding hydrogens is 426 g/mol. The highest BCUT2D eigenvalue weighted by Crippen LogP contribution is 2.37. The maximum absolute atomic E-state index is 12.5. The Morgan fingerprint density at radius 1 is 0.971 bits per heavy atom. The number of ether oxygens (including phenoxy) is 3. The Bertz CT molecular complexity index is 1180. The minimum atomic E-state index is -0.290. The van der Waals surface area contributed by atoms with Crippen LogP contribution in [0.4, 0.5) is 5.69 Å². The summed E-state index contributed by atoms with van der Waals surface area (Å²) in [4.78, 5) is 14.8. The van der Waals surface area contributed by atoms with Crippen molar-refractivity contribution in [2.45, 2.75) is 26.3 Å². The van der Waals surface area contributed by atoms with Crippen LogP contribution in [0.2, 0.25) is 0 Å². The van der Waals surface area contributed by atoms with Gasteiger partial charge in [0.15, 0.2) is 0 Å². The minimum Gasteiger partial charge on any atom is -0.496 e. The first kappa shape index (κ1) is 23.4. The Labute approximate surface area is 201 Å². The van der Waals surface area contributed by atoms with E-state index in [1.54, 1.807) is 7.11 Å². The van der Waals surface area contributed by atoms with E-state index in [1.165, 1.54) is 7.11 Å². The average molecular weight is 458 g/mol. The van der Waals surface area contributed by atoms with E-state index in [-0.39, 0.29) is 5.97 Å². The summed E-state index contributed by atoms with van der Waals surface area (Å²) in [5.74, 6) is 1.43. The number of carbonyl (C=O) groups is 1. The Balaban J connectivity index is 1.76. The Hall–Kier alpha value is -3.73. The Morgan fingerprint density at radius 2 is 1.74 bits per heavy atom. The summed E-state index contributed by atoms with van der Waals surface area (Å²) in [6, 6.07) is 22.5. The van der Waals surface area contributed by atoms with E-state index >= 15 is 0 Å². The molecule has 176 valence electrons. The van der Waals surface area contributed by atoms with Crippen LogP contribution in [-0.2, 0) is 16.1 Å². The summed E-state index contributed by atoms with van der Waals surface area (Å²) in [7, 11) is 3.12. The topological polar surface area (TPSA) is 48.0 Å². The lowest BCUT2D eigenvalue weighted by Gasteiger charge is -2.26. The molecule has 0 spiro atoms. The number of rotatable bonds is 8. The molecule has 0 unspecified atom stereocenters. The van der Waals surface area contributed by atoms with E-state index in [0.717, 1.165) is 45.9 Å². The summed E-state index contributed by atoms with van der Waals surface area (Å²) < 4.78 is 16.6. The number of nitrogens with zero attached hydrogens (tertiary/aromatic N) is 1. The van der Waals surface area contributed by atoms with Crippen molar-refractivity contribution < 1.29 is 19.0 Å². The largest absolute Gasteiger partial charge is 0.496 e. The fourth-order valence-corrected chi connectivity index (χ4v) is 4.30. The third-order valence-corrected chi connectivity index (χ3v) is 6.01. The Kier molecular flexibility index (Phi) is 7.53. The molecule has 0 saturated carbocycles. The van der Waals surface area contributed by atoms with Gasteiger partial charge in [-0.05, 0) is 54.3 Å². The number of benzene rings is 3. The van der Waals surface area contributed by atoms with Crippen LogP contribution in [0.1, 0.15) is 30.9 Å². The summed E-state index contributed by atoms with van der Waals surface area (Å²) in [6.07, 6.45) is 3.51. The van der Waals surface area contributed by atoms with E-state index in [0.29, 0.717) is 31.7 Å². The van der Waals surface area contributed by atoms with Gasteiger partial charge < -0.3 is 19.1 Å². The zero-order chi connectivity index (χ0) is 23.9. The van der Waals surface area contributed by atoms with Crippen LogP contribution in [0.3, 0.4) is 0 Å². The van der Waals surface area contributed by atoms with Gasteiger partial charge in [0.1, 0.15) is 11.5 Å². The normalized spacial score (nSPS) is 12.9. The van der Waals surface area contributed by atoms with Crippen molar-refractivity contribution in [1.29, 1.82) is 0 Å². The molecule has 34 heavy (non-hydrogen) atoms. The molecule has 3 aromatic rings. The van der Waals surface area contributed by atoms with E-state index in [2.05, 4.69) is 42.2 Å². The molecule has 5 nitrogen and oxygen atoms in total. The van der Waals surface area contributed by atoms with Gasteiger partial charge in [0, 0.05) is 35.5 Å². The van der Waals surface area contributed by atoms with Crippen molar-refractivity contribution >= 4 is 17.7 Å². The molecule has 5 heteroatoms. The molecule has 0 bridgehead atoms. The molecule has 4 rings (SSSR count). The smallest absolute Gasteiger partial charge is 0.333 e. The lowest BCUT2D eigenvalue weighted by molar-refractivity contribution is -0.136. The highest BCUT2D eigenvalue weighted by Gasteiger charge is 2.22. The zero-order valence-electron chi connectivity index (χ0n) is 20.0. The summed E-state index contributed by atoms with van der Waals surface area (Å²) >= 11 is 0. The van der Waals surface area contributed by atoms with E-state index in [1.807, 2.05) is 42.5 Å². The molecular formula is C29H31NO4. The molecule has 0 radical (unpaired) electrons. The molecule has 0 N–H and O–H groups in total. The van der Waals surface area contributed by atoms with Crippen LogP contribution >= 0.6 is 0 Å². The van der Waals surface area contributed by atoms with Gasteiger partial charge in [-0.15, -0.1) is 0 Å². The number of fused-ring (bicyclic) bond motifs is 1. The molecule has 0 aliphatic carbocycles. The standard InChI is InChI=1S/C29H31NO4/c1-4-17-34-28-12-8-6-10-25(28)21-13-14-26-24(18-21)19-22(29(31)33-3)15-16-30(26)20-23-9-5-7-11-27(23)32-2/h5-14,18-19H,4,15-17,20H2,1-3H3. The molecule has 0 saturated heterocycles. The first-order chi connectivity index (χ1) is 16.6. The maximum atomic E-state index is 12.5. The summed E-state index contributed by atoms with van der Waals surface area (Å²) in [6.45, 7) is 4.14. The van der Waals surface area contributed by atoms with Gasteiger partial charge in [-0.2, -0.15) is 0 Å². The van der Waals surface area contributed by atoms with Gasteiger partial charge in [0.25, 0.3) is 0 Å². The highest BCUT2D eigenvalue weighted by atomic mass is 16.5. The molecule has 1 heterocycles. The fourth-order valence-electron chi connectivity index (χ4n) is 4.30. The second-order valence-electron chi connectivity index (χ2n) is 8.26. The second kappa shape index (κ2) is 10.9. The molecule has 0 fully saturated rings. The van der Waals surface area contributed by atoms with E-state index in [4.69, 9.17) is 14.2 Å². The third kappa shape index (κ3) is 5.09. The highest BCUT2D eigenvalue weighted by molar-refractivity contribution is 5.96. The molecule has 0 aromatic heterocycles. The van der Waals surface area contributed by atoms with Crippen LogP contribution in [0.25, 0.3) is 17.2 Å². The van der Waals surface area contributed by atoms with Crippen LogP contribution in [0.5, 0.6) is 11.5 Å². The van der Waals surface area contributed by atoms with Gasteiger partial charge >= 0.3 is 5.97 Å². The number of para-hydroxylation sites is 2. The number of esters is 1. The predicted octanol–water partition coefficient (Wildman–Crippen LogP) is 6.12. The van der Waals surface area contributed by atoms with Crippen molar-refractivity contribution in [3.8, 4) is 22.6 Å². The van der Waals surface area contributed by atoms with Crippen molar-refractivity contribution in [3.63, 3.8) is 0 Å². The SMILES string of the molecule is CCCOc1ccccc1-c1ccc2c(c1)C=C(C(=O)OC)CCN2Cc1ccccc1OC. The molecule has 0 atom stereocenters. The number of hydrogen-bond donors (Lipinski definition) is 0. The zero-order valence-corrected chi connectivity index (χ0v) is 20.0. The van der Waals surface area contributed by atoms with Gasteiger partial charge in [0.05, 0.1) is 20.8 Å². The van der Waals surface area contributed by atoms with Crippen molar-refractivity contribution in [3.05, 3.63) is 83.4 Å². The van der Waals surface area contributed by atoms with Gasteiger partial charge in [-0.1, -0.05) is 49.4 Å². The van der Waals surface area contributed by atoms with Gasteiger partial charge in [-0.3, -0.25) is 0 Å². The second-order valence-corrected chi connectivity index (χ2v) is 8.26. The monoisotopic (exact) mass is 457 g/mol. The van der Waals surface area contributed by atoms with Crippen LogP contribution in [0, 0.1) is 0 Å². The molecule has 1 aliphatic rings. The lowest BCUT2D eigenvalue weighted by atomic mass is 9.99. The molecule has 0 amide bonds. The van der Waals surface area contributed by atoms with Crippen molar-refractivity contribution in [1.82, 2.24) is 0 Å². The first-order valence-corrected chi connectivity index (χ1v) is 11.7. The fraction of sp³-hybridized carbons (Fsp3) is 0.276. The predicted molar refractivity (Wildman–Crippen MR) is 136 cm³/mol. The molecule has 3 aromatic carbocycles. The van der Waals surface area contributed by atoms with Gasteiger partial charge in [-0.25, -0.2) is 4.79 Å². The summed E-state index contributed by atoms with van der Waals surface area (Å²) in [5, 5.41) is 0. The third-order valence-electron chi connectivity index (χ3n) is 6.01. The van der Waals surface area contributed by atoms with E-state index < -0.39 is 0 Å². The van der Waals surface area contributed by atoms with Gasteiger partial charge in [0.2, 0.25) is 0 Å². The minimum absolute atomic E-state index is 0.290. The first-order valence-electron chi connectivity index (χ1n) is 11.7. The maximum Gasteiger partial charge on any atom is 0.333 e. The van der Waals surface area contributed by atoms with E-state index in [9.17, 15) is 4.79 Å². The number of anilines is 1. The average Bonchev–Trinajstić information content (AvgIpc) is 3.06. The number of methoxy groups -OCH3 is 2. The van der Waals surface area contributed by atoms with Crippen LogP contribution < -0.4 is 14.4 Å². The number of carbonyl (C=O) groups excluding carboxylic acids is 1.